The van der Waals surface area contributed by atoms with Crippen LogP contribution in [0, 0.1) is 0 Å². The van der Waals surface area contributed by atoms with Gasteiger partial charge in [-0.05, 0) is 18.6 Å². The van der Waals surface area contributed by atoms with Crippen LogP contribution in [0.4, 0.5) is 4.79 Å². The summed E-state index contributed by atoms with van der Waals surface area (Å²) in [5.74, 6) is -0.920. The molecule has 0 spiro atoms. The molecule has 0 fully saturated rings. The molecule has 5 nitrogen and oxygen atoms in total. The first kappa shape index (κ1) is 13.5. The minimum Gasteiger partial charge on any atom is -0.481 e. The lowest BCUT2D eigenvalue weighted by molar-refractivity contribution is -0.136. The van der Waals surface area contributed by atoms with E-state index >= 15 is 0 Å². The van der Waals surface area contributed by atoms with E-state index in [-0.39, 0.29) is 19.0 Å². The van der Waals surface area contributed by atoms with Crippen LogP contribution in [0.3, 0.4) is 0 Å². The fourth-order valence-electron chi connectivity index (χ4n) is 1.22. The monoisotopic (exact) mass is 256 g/mol. The highest BCUT2D eigenvalue weighted by Gasteiger charge is 2.03. The molecular formula is C11H16N2O3S. The van der Waals surface area contributed by atoms with Crippen LogP contribution < -0.4 is 10.6 Å². The van der Waals surface area contributed by atoms with Crippen LogP contribution >= 0.6 is 11.3 Å². The number of nitrogens with one attached hydrogen (secondary N) is 2. The predicted octanol–water partition coefficient (Wildman–Crippen LogP) is 1.58. The van der Waals surface area contributed by atoms with E-state index < -0.39 is 5.97 Å². The molecule has 0 aliphatic heterocycles. The molecule has 2 amide bonds. The molecular weight excluding hydrogens is 240 g/mol. The maximum absolute atomic E-state index is 11.3. The summed E-state index contributed by atoms with van der Waals surface area (Å²) in [6.07, 6.45) is 0.932. The Kier molecular flexibility index (Phi) is 5.48. The number of rotatable bonds is 6. The number of aliphatic carboxylic acids is 1. The topological polar surface area (TPSA) is 78.4 Å². The van der Waals surface area contributed by atoms with Gasteiger partial charge in [-0.1, -0.05) is 6.92 Å². The van der Waals surface area contributed by atoms with Gasteiger partial charge in [0.25, 0.3) is 0 Å². The third kappa shape index (κ3) is 5.35. The average molecular weight is 256 g/mol. The zero-order valence-electron chi connectivity index (χ0n) is 9.66. The number of carbonyl (C=O) groups excluding carboxylic acids is 1. The van der Waals surface area contributed by atoms with Gasteiger partial charge in [-0.3, -0.25) is 4.79 Å². The maximum Gasteiger partial charge on any atom is 0.315 e. The fourth-order valence-corrected chi connectivity index (χ4v) is 2.12. The van der Waals surface area contributed by atoms with Crippen LogP contribution in [-0.2, 0) is 17.8 Å². The van der Waals surface area contributed by atoms with Crippen LogP contribution in [-0.4, -0.2) is 23.7 Å². The van der Waals surface area contributed by atoms with Crippen molar-refractivity contribution in [2.24, 2.45) is 0 Å². The Labute approximate surface area is 104 Å². The van der Waals surface area contributed by atoms with E-state index in [9.17, 15) is 9.59 Å². The van der Waals surface area contributed by atoms with Crippen LogP contribution in [0.2, 0.25) is 0 Å². The van der Waals surface area contributed by atoms with Gasteiger partial charge in [0.1, 0.15) is 0 Å². The van der Waals surface area contributed by atoms with Gasteiger partial charge in [-0.25, -0.2) is 4.79 Å². The Bertz CT molecular complexity index is 390. The van der Waals surface area contributed by atoms with Gasteiger partial charge in [-0.15, -0.1) is 11.3 Å². The summed E-state index contributed by atoms with van der Waals surface area (Å²) in [7, 11) is 0. The van der Waals surface area contributed by atoms with Crippen molar-refractivity contribution >= 4 is 23.3 Å². The van der Waals surface area contributed by atoms with Crippen LogP contribution in [0.1, 0.15) is 23.1 Å². The molecule has 3 N–H and O–H groups in total. The molecule has 0 atom stereocenters. The predicted molar refractivity (Wildman–Crippen MR) is 66.2 cm³/mol. The van der Waals surface area contributed by atoms with Crippen molar-refractivity contribution in [2.75, 3.05) is 6.54 Å². The number of thiophene rings is 1. The van der Waals surface area contributed by atoms with E-state index in [4.69, 9.17) is 5.11 Å². The molecule has 1 heterocycles. The Morgan fingerprint density at radius 3 is 2.59 bits per heavy atom. The second kappa shape index (κ2) is 6.90. The molecule has 0 unspecified atom stereocenters. The SMILES string of the molecule is CCc1ccc(CNC(=O)NCCC(=O)O)s1. The van der Waals surface area contributed by atoms with Gasteiger partial charge >= 0.3 is 12.0 Å². The number of hydrogen-bond donors (Lipinski definition) is 3. The summed E-state index contributed by atoms with van der Waals surface area (Å²) in [6.45, 7) is 2.71. The maximum atomic E-state index is 11.3. The van der Waals surface area contributed by atoms with Gasteiger partial charge in [0, 0.05) is 16.3 Å². The van der Waals surface area contributed by atoms with E-state index in [1.807, 2.05) is 12.1 Å². The minimum absolute atomic E-state index is 0.0631. The zero-order valence-corrected chi connectivity index (χ0v) is 10.5. The summed E-state index contributed by atoms with van der Waals surface area (Å²) in [6, 6.07) is 3.70. The van der Waals surface area contributed by atoms with E-state index in [1.165, 1.54) is 4.88 Å². The molecule has 6 heteroatoms. The molecule has 0 aliphatic rings. The molecule has 0 aliphatic carbocycles. The lowest BCUT2D eigenvalue weighted by Gasteiger charge is -2.04. The van der Waals surface area contributed by atoms with E-state index in [1.54, 1.807) is 11.3 Å². The summed E-state index contributed by atoms with van der Waals surface area (Å²) in [4.78, 5) is 23.9. The summed E-state index contributed by atoms with van der Waals surface area (Å²) >= 11 is 1.67. The molecule has 17 heavy (non-hydrogen) atoms. The third-order valence-electron chi connectivity index (χ3n) is 2.11. The molecule has 0 aromatic carbocycles. The smallest absolute Gasteiger partial charge is 0.315 e. The van der Waals surface area contributed by atoms with Crippen molar-refractivity contribution in [3.63, 3.8) is 0 Å². The van der Waals surface area contributed by atoms with Gasteiger partial charge < -0.3 is 15.7 Å². The zero-order chi connectivity index (χ0) is 12.7. The van der Waals surface area contributed by atoms with Crippen molar-refractivity contribution in [3.8, 4) is 0 Å². The molecule has 1 aromatic heterocycles. The van der Waals surface area contributed by atoms with E-state index in [0.29, 0.717) is 6.54 Å². The summed E-state index contributed by atoms with van der Waals surface area (Å²) in [5.41, 5.74) is 0. The highest BCUT2D eigenvalue weighted by molar-refractivity contribution is 7.11. The van der Waals surface area contributed by atoms with Crippen molar-refractivity contribution in [2.45, 2.75) is 26.3 Å². The number of aryl methyl sites for hydroxylation is 1. The Morgan fingerprint density at radius 1 is 1.29 bits per heavy atom. The summed E-state index contributed by atoms with van der Waals surface area (Å²) in [5, 5.41) is 13.6. The number of urea groups is 1. The second-order valence-corrected chi connectivity index (χ2v) is 4.73. The first-order valence-corrected chi connectivity index (χ1v) is 6.24. The van der Waals surface area contributed by atoms with Crippen LogP contribution in [0.15, 0.2) is 12.1 Å². The van der Waals surface area contributed by atoms with E-state index in [0.717, 1.165) is 11.3 Å². The summed E-state index contributed by atoms with van der Waals surface area (Å²) < 4.78 is 0. The highest BCUT2D eigenvalue weighted by Crippen LogP contribution is 2.16. The number of carbonyl (C=O) groups is 2. The first-order chi connectivity index (χ1) is 8.11. The largest absolute Gasteiger partial charge is 0.481 e. The highest BCUT2D eigenvalue weighted by atomic mass is 32.1. The lowest BCUT2D eigenvalue weighted by Crippen LogP contribution is -2.36. The molecule has 1 rings (SSSR count). The van der Waals surface area contributed by atoms with Gasteiger partial charge in [-0.2, -0.15) is 0 Å². The quantitative estimate of drug-likeness (QED) is 0.723. The minimum atomic E-state index is -0.920. The second-order valence-electron chi connectivity index (χ2n) is 3.47. The van der Waals surface area contributed by atoms with Crippen molar-refractivity contribution in [1.29, 1.82) is 0 Å². The van der Waals surface area contributed by atoms with Crippen LogP contribution in [0.5, 0.6) is 0 Å². The van der Waals surface area contributed by atoms with Crippen molar-refractivity contribution < 1.29 is 14.7 Å². The Balaban J connectivity index is 2.21. The van der Waals surface area contributed by atoms with Crippen molar-refractivity contribution in [1.82, 2.24) is 10.6 Å². The molecule has 0 saturated carbocycles. The van der Waals surface area contributed by atoms with E-state index in [2.05, 4.69) is 17.6 Å². The van der Waals surface area contributed by atoms with Crippen molar-refractivity contribution in [3.05, 3.63) is 21.9 Å². The number of carboxylic acid groups (broad SMARTS) is 1. The Hall–Kier alpha value is -1.56. The third-order valence-corrected chi connectivity index (χ3v) is 3.34. The first-order valence-electron chi connectivity index (χ1n) is 5.43. The van der Waals surface area contributed by atoms with Gasteiger partial charge in [0.05, 0.1) is 13.0 Å². The molecule has 0 bridgehead atoms. The normalized spacial score (nSPS) is 9.94. The lowest BCUT2D eigenvalue weighted by atomic mass is 10.4. The Morgan fingerprint density at radius 2 is 2.00 bits per heavy atom. The number of amides is 2. The fraction of sp³-hybridized carbons (Fsp3) is 0.455. The average Bonchev–Trinajstić information content (AvgIpc) is 2.73. The van der Waals surface area contributed by atoms with Gasteiger partial charge in [0.2, 0.25) is 0 Å². The van der Waals surface area contributed by atoms with Crippen LogP contribution in [0.25, 0.3) is 0 Å². The number of carboxylic acids is 1. The molecule has 1 aromatic rings. The van der Waals surface area contributed by atoms with Gasteiger partial charge in [0.15, 0.2) is 0 Å². The standard InChI is InChI=1S/C11H16N2O3S/c1-2-8-3-4-9(17-8)7-13-11(16)12-6-5-10(14)15/h3-4H,2,5-7H2,1H3,(H,14,15)(H2,12,13,16). The molecule has 0 saturated heterocycles. The number of hydrogen-bond acceptors (Lipinski definition) is 3. The molecule has 0 radical (unpaired) electrons. The molecule has 94 valence electrons.